The molecule has 1 saturated heterocycles. The molecule has 0 radical (unpaired) electrons. The van der Waals surface area contributed by atoms with Crippen LogP contribution in [-0.2, 0) is 11.8 Å². The van der Waals surface area contributed by atoms with Gasteiger partial charge in [0.1, 0.15) is 0 Å². The molecule has 2 aromatic heterocycles. The number of aliphatic hydroxyl groups excluding tert-OH is 1. The maximum absolute atomic E-state index is 13.1. The number of hydrogen-bond donors (Lipinski definition) is 1. The van der Waals surface area contributed by atoms with Gasteiger partial charge in [0.05, 0.1) is 23.6 Å². The van der Waals surface area contributed by atoms with Crippen molar-refractivity contribution in [2.45, 2.75) is 37.7 Å². The molecule has 1 fully saturated rings. The van der Waals surface area contributed by atoms with Gasteiger partial charge in [0.25, 0.3) is 5.91 Å². The van der Waals surface area contributed by atoms with E-state index in [4.69, 9.17) is 0 Å². The van der Waals surface area contributed by atoms with Crippen LogP contribution in [-0.4, -0.2) is 49.7 Å². The molecule has 1 atom stereocenters. The molecule has 3 heterocycles. The fourth-order valence-electron chi connectivity index (χ4n) is 4.85. The van der Waals surface area contributed by atoms with Crippen LogP contribution >= 0.6 is 0 Å². The Morgan fingerprint density at radius 3 is 2.81 bits per heavy atom. The Bertz CT molecular complexity index is 1030. The summed E-state index contributed by atoms with van der Waals surface area (Å²) in [5, 5.41) is 15.0. The average molecular weight is 362 g/mol. The molecule has 3 aromatic rings. The van der Waals surface area contributed by atoms with E-state index >= 15 is 0 Å². The van der Waals surface area contributed by atoms with Crippen molar-refractivity contribution >= 4 is 11.6 Å². The van der Waals surface area contributed by atoms with Gasteiger partial charge in [-0.05, 0) is 37.3 Å². The van der Waals surface area contributed by atoms with Gasteiger partial charge >= 0.3 is 0 Å². The van der Waals surface area contributed by atoms with E-state index in [-0.39, 0.29) is 17.4 Å². The van der Waals surface area contributed by atoms with E-state index in [0.29, 0.717) is 25.1 Å². The SMILES string of the molecule is Cc1c(C(=O)N2CCC3(CC2)c2ccccc2C[C@H]3O)cnc2ccnn12. The maximum Gasteiger partial charge on any atom is 0.257 e. The highest BCUT2D eigenvalue weighted by molar-refractivity contribution is 5.95. The summed E-state index contributed by atoms with van der Waals surface area (Å²) in [6.07, 6.45) is 5.26. The molecule has 1 spiro atoms. The third kappa shape index (κ3) is 2.33. The van der Waals surface area contributed by atoms with Crippen molar-refractivity contribution in [3.63, 3.8) is 0 Å². The minimum Gasteiger partial charge on any atom is -0.392 e. The van der Waals surface area contributed by atoms with Gasteiger partial charge in [-0.1, -0.05) is 24.3 Å². The Hall–Kier alpha value is -2.73. The van der Waals surface area contributed by atoms with Crippen LogP contribution in [0.1, 0.15) is 40.0 Å². The minimum atomic E-state index is -0.365. The summed E-state index contributed by atoms with van der Waals surface area (Å²) in [4.78, 5) is 19.3. The lowest BCUT2D eigenvalue weighted by molar-refractivity contribution is 0.0364. The first kappa shape index (κ1) is 16.4. The van der Waals surface area contributed by atoms with Crippen LogP contribution in [0.3, 0.4) is 0 Å². The Balaban J connectivity index is 1.40. The number of carbonyl (C=O) groups is 1. The van der Waals surface area contributed by atoms with Gasteiger partial charge in [0, 0.05) is 30.8 Å². The van der Waals surface area contributed by atoms with E-state index in [1.165, 1.54) is 11.1 Å². The number of carbonyl (C=O) groups excluding carboxylic acids is 1. The molecule has 5 rings (SSSR count). The van der Waals surface area contributed by atoms with Crippen LogP contribution < -0.4 is 0 Å². The number of hydrogen-bond acceptors (Lipinski definition) is 4. The van der Waals surface area contributed by atoms with E-state index in [2.05, 4.69) is 22.2 Å². The van der Waals surface area contributed by atoms with E-state index in [1.54, 1.807) is 16.9 Å². The van der Waals surface area contributed by atoms with Gasteiger partial charge in [-0.2, -0.15) is 5.10 Å². The molecule has 1 aliphatic carbocycles. The summed E-state index contributed by atoms with van der Waals surface area (Å²) in [5.74, 6) is -0.00646. The molecule has 2 aliphatic rings. The number of aromatic nitrogens is 3. The normalized spacial score (nSPS) is 21.0. The highest BCUT2D eigenvalue weighted by Crippen LogP contribution is 2.46. The smallest absolute Gasteiger partial charge is 0.257 e. The molecular weight excluding hydrogens is 340 g/mol. The Morgan fingerprint density at radius 2 is 2.00 bits per heavy atom. The Labute approximate surface area is 157 Å². The van der Waals surface area contributed by atoms with Crippen molar-refractivity contribution in [1.29, 1.82) is 0 Å². The molecule has 1 aromatic carbocycles. The van der Waals surface area contributed by atoms with E-state index in [9.17, 15) is 9.90 Å². The Morgan fingerprint density at radius 1 is 1.22 bits per heavy atom. The fourth-order valence-corrected chi connectivity index (χ4v) is 4.85. The van der Waals surface area contributed by atoms with Gasteiger partial charge in [-0.3, -0.25) is 4.79 Å². The standard InChI is InChI=1S/C21H22N4O2/c1-14-16(13-22-19-6-9-23-25(14)19)20(27)24-10-7-21(8-11-24)17-5-3-2-4-15(17)12-18(21)26/h2-6,9,13,18,26H,7-8,10-12H2,1H3/t18-/m1/s1. The number of likely N-dealkylation sites (tertiary alicyclic amines) is 1. The van der Waals surface area contributed by atoms with Crippen LogP contribution in [0, 0.1) is 6.92 Å². The second-order valence-electron chi connectivity index (χ2n) is 7.68. The van der Waals surface area contributed by atoms with Crippen molar-refractivity contribution in [3.05, 3.63) is 65.1 Å². The third-order valence-electron chi connectivity index (χ3n) is 6.43. The summed E-state index contributed by atoms with van der Waals surface area (Å²) in [5.41, 5.74) is 4.44. The molecule has 0 unspecified atom stereocenters. The van der Waals surface area contributed by atoms with Gasteiger partial charge in [-0.15, -0.1) is 0 Å². The summed E-state index contributed by atoms with van der Waals surface area (Å²) in [7, 11) is 0. The number of aliphatic hydroxyl groups is 1. The first-order valence-electron chi connectivity index (χ1n) is 9.45. The second-order valence-corrected chi connectivity index (χ2v) is 7.68. The molecule has 6 heteroatoms. The molecule has 27 heavy (non-hydrogen) atoms. The fraction of sp³-hybridized carbons (Fsp3) is 0.381. The summed E-state index contributed by atoms with van der Waals surface area (Å²) in [6, 6.07) is 10.2. The number of benzene rings is 1. The van der Waals surface area contributed by atoms with Crippen molar-refractivity contribution in [2.75, 3.05) is 13.1 Å². The average Bonchev–Trinajstić information content (AvgIpc) is 3.27. The highest BCUT2D eigenvalue weighted by atomic mass is 16.3. The van der Waals surface area contributed by atoms with Crippen LogP contribution in [0.4, 0.5) is 0 Å². The first-order chi connectivity index (χ1) is 13.1. The lowest BCUT2D eigenvalue weighted by Crippen LogP contribution is -2.49. The topological polar surface area (TPSA) is 70.7 Å². The zero-order valence-electron chi connectivity index (χ0n) is 15.3. The molecule has 0 saturated carbocycles. The number of nitrogens with zero attached hydrogens (tertiary/aromatic N) is 4. The van der Waals surface area contributed by atoms with Gasteiger partial charge in [0.15, 0.2) is 5.65 Å². The second kappa shape index (κ2) is 5.89. The number of aryl methyl sites for hydroxylation is 1. The molecule has 1 amide bonds. The maximum atomic E-state index is 13.1. The van der Waals surface area contributed by atoms with Crippen molar-refractivity contribution in [3.8, 4) is 0 Å². The summed E-state index contributed by atoms with van der Waals surface area (Å²) in [6.45, 7) is 3.18. The molecular formula is C21H22N4O2. The molecule has 1 aliphatic heterocycles. The van der Waals surface area contributed by atoms with E-state index in [1.807, 2.05) is 30.0 Å². The van der Waals surface area contributed by atoms with Gasteiger partial charge in [-0.25, -0.2) is 9.50 Å². The predicted octanol–water partition coefficient (Wildman–Crippen LogP) is 2.13. The number of rotatable bonds is 1. The van der Waals surface area contributed by atoms with E-state index in [0.717, 1.165) is 24.2 Å². The zero-order valence-corrected chi connectivity index (χ0v) is 15.3. The largest absolute Gasteiger partial charge is 0.392 e. The summed E-state index contributed by atoms with van der Waals surface area (Å²) < 4.78 is 1.70. The minimum absolute atomic E-state index is 0.00646. The third-order valence-corrected chi connectivity index (χ3v) is 6.43. The number of amides is 1. The van der Waals surface area contributed by atoms with Gasteiger partial charge in [0.2, 0.25) is 0 Å². The van der Waals surface area contributed by atoms with Crippen molar-refractivity contribution in [2.24, 2.45) is 0 Å². The molecule has 0 bridgehead atoms. The van der Waals surface area contributed by atoms with Crippen LogP contribution in [0.2, 0.25) is 0 Å². The quantitative estimate of drug-likeness (QED) is 0.720. The van der Waals surface area contributed by atoms with E-state index < -0.39 is 0 Å². The van der Waals surface area contributed by atoms with Crippen LogP contribution in [0.15, 0.2) is 42.7 Å². The van der Waals surface area contributed by atoms with Crippen LogP contribution in [0.5, 0.6) is 0 Å². The highest BCUT2D eigenvalue weighted by Gasteiger charge is 2.48. The van der Waals surface area contributed by atoms with Gasteiger partial charge < -0.3 is 10.0 Å². The lowest BCUT2D eigenvalue weighted by atomic mass is 9.72. The number of fused-ring (bicyclic) bond motifs is 3. The molecule has 138 valence electrons. The van der Waals surface area contributed by atoms with Crippen LogP contribution in [0.25, 0.3) is 5.65 Å². The Kier molecular flexibility index (Phi) is 3.59. The monoisotopic (exact) mass is 362 g/mol. The molecule has 1 N–H and O–H groups in total. The predicted molar refractivity (Wildman–Crippen MR) is 101 cm³/mol. The van der Waals surface area contributed by atoms with Crippen molar-refractivity contribution in [1.82, 2.24) is 19.5 Å². The molecule has 6 nitrogen and oxygen atoms in total. The van der Waals surface area contributed by atoms with Crippen molar-refractivity contribution < 1.29 is 9.90 Å². The number of piperidine rings is 1. The zero-order chi connectivity index (χ0) is 18.6. The summed E-state index contributed by atoms with van der Waals surface area (Å²) >= 11 is 0. The first-order valence-corrected chi connectivity index (χ1v) is 9.45. The lowest BCUT2D eigenvalue weighted by Gasteiger charge is -2.42.